The SMILES string of the molecule is CNc1cncc(OCC2CC2)c1. The van der Waals surface area contributed by atoms with E-state index in [0.29, 0.717) is 0 Å². The number of pyridine rings is 1. The van der Waals surface area contributed by atoms with Crippen LogP contribution in [0.25, 0.3) is 0 Å². The van der Waals surface area contributed by atoms with Gasteiger partial charge in [-0.05, 0) is 18.8 Å². The average Bonchev–Trinajstić information content (AvgIpc) is 2.99. The zero-order valence-corrected chi connectivity index (χ0v) is 7.79. The molecule has 0 atom stereocenters. The molecule has 1 aliphatic rings. The molecule has 70 valence electrons. The van der Waals surface area contributed by atoms with Gasteiger partial charge in [0.05, 0.1) is 24.7 Å². The molecule has 2 rings (SSSR count). The molecule has 13 heavy (non-hydrogen) atoms. The normalized spacial score (nSPS) is 15.5. The summed E-state index contributed by atoms with van der Waals surface area (Å²) in [5, 5.41) is 3.03. The lowest BCUT2D eigenvalue weighted by atomic mass is 10.4. The van der Waals surface area contributed by atoms with Gasteiger partial charge >= 0.3 is 0 Å². The Balaban J connectivity index is 1.93. The maximum absolute atomic E-state index is 5.57. The number of aromatic nitrogens is 1. The third-order valence-electron chi connectivity index (χ3n) is 2.18. The Labute approximate surface area is 78.1 Å². The van der Waals surface area contributed by atoms with Gasteiger partial charge < -0.3 is 10.1 Å². The third-order valence-corrected chi connectivity index (χ3v) is 2.18. The standard InChI is InChI=1S/C10H14N2O/c1-11-9-4-10(6-12-5-9)13-7-8-2-3-8/h4-6,8,11H,2-3,7H2,1H3. The molecule has 3 heteroatoms. The molecule has 0 amide bonds. The summed E-state index contributed by atoms with van der Waals surface area (Å²) in [4.78, 5) is 4.07. The van der Waals surface area contributed by atoms with Crippen molar-refractivity contribution in [1.29, 1.82) is 0 Å². The molecule has 0 radical (unpaired) electrons. The van der Waals surface area contributed by atoms with Crippen molar-refractivity contribution >= 4 is 5.69 Å². The van der Waals surface area contributed by atoms with Gasteiger partial charge in [-0.15, -0.1) is 0 Å². The summed E-state index contributed by atoms with van der Waals surface area (Å²) in [5.74, 6) is 1.65. The van der Waals surface area contributed by atoms with Crippen molar-refractivity contribution < 1.29 is 4.74 Å². The molecule has 1 N–H and O–H groups in total. The lowest BCUT2D eigenvalue weighted by Gasteiger charge is -2.05. The van der Waals surface area contributed by atoms with Gasteiger partial charge in [0.1, 0.15) is 5.75 Å². The van der Waals surface area contributed by atoms with Gasteiger partial charge in [-0.3, -0.25) is 4.98 Å². The summed E-state index contributed by atoms with van der Waals surface area (Å²) in [6, 6.07) is 1.97. The van der Waals surface area contributed by atoms with Crippen LogP contribution in [0.3, 0.4) is 0 Å². The van der Waals surface area contributed by atoms with E-state index in [1.54, 1.807) is 12.4 Å². The van der Waals surface area contributed by atoms with Crippen molar-refractivity contribution in [3.8, 4) is 5.75 Å². The van der Waals surface area contributed by atoms with Crippen molar-refractivity contribution in [3.05, 3.63) is 18.5 Å². The first-order valence-electron chi connectivity index (χ1n) is 4.64. The summed E-state index contributed by atoms with van der Waals surface area (Å²) >= 11 is 0. The molecular weight excluding hydrogens is 164 g/mol. The molecule has 1 saturated carbocycles. The fraction of sp³-hybridized carbons (Fsp3) is 0.500. The van der Waals surface area contributed by atoms with Gasteiger partial charge in [0, 0.05) is 13.1 Å². The van der Waals surface area contributed by atoms with E-state index in [4.69, 9.17) is 4.74 Å². The minimum atomic E-state index is 0.790. The van der Waals surface area contributed by atoms with Crippen molar-refractivity contribution in [2.45, 2.75) is 12.8 Å². The highest BCUT2D eigenvalue weighted by atomic mass is 16.5. The van der Waals surface area contributed by atoms with Crippen LogP contribution in [0.1, 0.15) is 12.8 Å². The highest BCUT2D eigenvalue weighted by molar-refractivity contribution is 5.44. The number of rotatable bonds is 4. The van der Waals surface area contributed by atoms with Gasteiger partial charge in [0.15, 0.2) is 0 Å². The minimum Gasteiger partial charge on any atom is -0.492 e. The van der Waals surface area contributed by atoms with E-state index in [1.165, 1.54) is 12.8 Å². The number of nitrogens with zero attached hydrogens (tertiary/aromatic N) is 1. The summed E-state index contributed by atoms with van der Waals surface area (Å²) in [6.07, 6.45) is 6.17. The Bertz CT molecular complexity index is 284. The highest BCUT2D eigenvalue weighted by Gasteiger charge is 2.21. The predicted molar refractivity (Wildman–Crippen MR) is 52.0 cm³/mol. The van der Waals surface area contributed by atoms with Crippen LogP contribution in [0.15, 0.2) is 18.5 Å². The first-order chi connectivity index (χ1) is 6.38. The van der Waals surface area contributed by atoms with E-state index in [-0.39, 0.29) is 0 Å². The first kappa shape index (κ1) is 8.35. The molecule has 3 nitrogen and oxygen atoms in total. The van der Waals surface area contributed by atoms with Crippen LogP contribution < -0.4 is 10.1 Å². The van der Waals surface area contributed by atoms with Crippen LogP contribution in [0.5, 0.6) is 5.75 Å². The molecule has 0 saturated heterocycles. The van der Waals surface area contributed by atoms with Crippen molar-refractivity contribution in [2.24, 2.45) is 5.92 Å². The Hall–Kier alpha value is -1.25. The van der Waals surface area contributed by atoms with E-state index in [0.717, 1.165) is 24.0 Å². The van der Waals surface area contributed by atoms with E-state index >= 15 is 0 Å². The molecule has 1 aromatic heterocycles. The average molecular weight is 178 g/mol. The molecule has 1 heterocycles. The summed E-state index contributed by atoms with van der Waals surface area (Å²) < 4.78 is 5.57. The van der Waals surface area contributed by atoms with Crippen molar-refractivity contribution in [1.82, 2.24) is 4.98 Å². The lowest BCUT2D eigenvalue weighted by molar-refractivity contribution is 0.299. The molecular formula is C10H14N2O. The van der Waals surface area contributed by atoms with Crippen LogP contribution in [0, 0.1) is 5.92 Å². The fourth-order valence-corrected chi connectivity index (χ4v) is 1.13. The van der Waals surface area contributed by atoms with Gasteiger partial charge in [-0.1, -0.05) is 0 Å². The van der Waals surface area contributed by atoms with E-state index in [9.17, 15) is 0 Å². The van der Waals surface area contributed by atoms with Crippen molar-refractivity contribution in [3.63, 3.8) is 0 Å². The van der Waals surface area contributed by atoms with E-state index < -0.39 is 0 Å². The fourth-order valence-electron chi connectivity index (χ4n) is 1.13. The van der Waals surface area contributed by atoms with Gasteiger partial charge in [-0.2, -0.15) is 0 Å². The summed E-state index contributed by atoms with van der Waals surface area (Å²) in [5.41, 5.74) is 0.994. The Morgan fingerprint density at radius 2 is 2.38 bits per heavy atom. The molecule has 0 aromatic carbocycles. The zero-order valence-electron chi connectivity index (χ0n) is 7.79. The number of ether oxygens (including phenoxy) is 1. The van der Waals surface area contributed by atoms with Crippen LogP contribution >= 0.6 is 0 Å². The number of hydrogen-bond acceptors (Lipinski definition) is 3. The topological polar surface area (TPSA) is 34.2 Å². The molecule has 0 spiro atoms. The quantitative estimate of drug-likeness (QED) is 0.764. The number of nitrogens with one attached hydrogen (secondary N) is 1. The first-order valence-corrected chi connectivity index (χ1v) is 4.64. The van der Waals surface area contributed by atoms with E-state index in [1.807, 2.05) is 13.1 Å². The molecule has 1 aliphatic carbocycles. The van der Waals surface area contributed by atoms with Gasteiger partial charge in [-0.25, -0.2) is 0 Å². The smallest absolute Gasteiger partial charge is 0.139 e. The zero-order chi connectivity index (χ0) is 9.10. The number of anilines is 1. The summed E-state index contributed by atoms with van der Waals surface area (Å²) in [6.45, 7) is 0.842. The second-order valence-electron chi connectivity index (χ2n) is 3.41. The van der Waals surface area contributed by atoms with Gasteiger partial charge in [0.2, 0.25) is 0 Å². The second kappa shape index (κ2) is 3.64. The lowest BCUT2D eigenvalue weighted by Crippen LogP contribution is -2.00. The Morgan fingerprint density at radius 3 is 3.08 bits per heavy atom. The van der Waals surface area contributed by atoms with Crippen LogP contribution in [0.2, 0.25) is 0 Å². The van der Waals surface area contributed by atoms with Crippen LogP contribution in [0.4, 0.5) is 5.69 Å². The number of hydrogen-bond donors (Lipinski definition) is 1. The Kier molecular flexibility index (Phi) is 2.34. The minimum absolute atomic E-state index is 0.790. The van der Waals surface area contributed by atoms with Gasteiger partial charge in [0.25, 0.3) is 0 Å². The summed E-state index contributed by atoms with van der Waals surface area (Å²) in [7, 11) is 1.88. The third kappa shape index (κ3) is 2.34. The molecule has 1 aromatic rings. The maximum Gasteiger partial charge on any atom is 0.139 e. The molecule has 0 aliphatic heterocycles. The second-order valence-corrected chi connectivity index (χ2v) is 3.41. The predicted octanol–water partition coefficient (Wildman–Crippen LogP) is 1.91. The highest BCUT2D eigenvalue weighted by Crippen LogP contribution is 2.29. The van der Waals surface area contributed by atoms with Crippen LogP contribution in [-0.2, 0) is 0 Å². The maximum atomic E-state index is 5.57. The van der Waals surface area contributed by atoms with Crippen molar-refractivity contribution in [2.75, 3.05) is 19.0 Å². The van der Waals surface area contributed by atoms with Crippen LogP contribution in [-0.4, -0.2) is 18.6 Å². The van der Waals surface area contributed by atoms with E-state index in [2.05, 4.69) is 10.3 Å². The largest absolute Gasteiger partial charge is 0.492 e. The molecule has 0 unspecified atom stereocenters. The molecule has 1 fully saturated rings. The Morgan fingerprint density at radius 1 is 1.54 bits per heavy atom. The molecule has 0 bridgehead atoms. The monoisotopic (exact) mass is 178 g/mol.